The number of nitrogens with zero attached hydrogens (tertiary/aromatic N) is 4. The Morgan fingerprint density at radius 3 is 2.00 bits per heavy atom. The summed E-state index contributed by atoms with van der Waals surface area (Å²) in [5.74, 6) is -3.26. The number of benzene rings is 1. The van der Waals surface area contributed by atoms with E-state index in [9.17, 15) is 36.6 Å². The van der Waals surface area contributed by atoms with Gasteiger partial charge in [-0.05, 0) is 68.2 Å². The van der Waals surface area contributed by atoms with Crippen LogP contribution in [0.2, 0.25) is 5.15 Å². The van der Waals surface area contributed by atoms with E-state index in [4.69, 9.17) is 11.6 Å². The van der Waals surface area contributed by atoms with E-state index in [2.05, 4.69) is 9.88 Å². The molecule has 0 spiro atoms. The maximum Gasteiger partial charge on any atom is 0.430 e. The first-order valence-corrected chi connectivity index (χ1v) is 13.8. The minimum atomic E-state index is -5.48. The summed E-state index contributed by atoms with van der Waals surface area (Å²) in [5.41, 5.74) is -4.90. The van der Waals surface area contributed by atoms with Crippen molar-refractivity contribution < 1.29 is 36.6 Å². The zero-order chi connectivity index (χ0) is 30.1. The second-order valence-corrected chi connectivity index (χ2v) is 11.3. The highest BCUT2D eigenvalue weighted by Gasteiger charge is 2.62. The number of anilines is 1. The molecular formula is C28H32ClF5N4O3. The van der Waals surface area contributed by atoms with Crippen molar-refractivity contribution in [2.45, 2.75) is 43.9 Å². The Morgan fingerprint density at radius 2 is 1.51 bits per heavy atom. The van der Waals surface area contributed by atoms with Gasteiger partial charge in [0.25, 0.3) is 17.4 Å². The van der Waals surface area contributed by atoms with Crippen LogP contribution in [0.5, 0.6) is 0 Å². The van der Waals surface area contributed by atoms with Crippen LogP contribution in [0.15, 0.2) is 30.3 Å². The first kappa shape index (κ1) is 31.0. The molecule has 1 atom stereocenters. The molecule has 3 heterocycles. The van der Waals surface area contributed by atoms with Crippen molar-refractivity contribution in [1.82, 2.24) is 14.8 Å². The van der Waals surface area contributed by atoms with Gasteiger partial charge in [-0.1, -0.05) is 11.6 Å². The fraction of sp³-hybridized carbons (Fsp3) is 0.536. The Hall–Kier alpha value is -2.99. The molecule has 0 saturated carbocycles. The predicted molar refractivity (Wildman–Crippen MR) is 142 cm³/mol. The number of carbonyl (C=O) groups excluding carboxylic acids is 2. The number of halogens is 6. The van der Waals surface area contributed by atoms with Crippen LogP contribution < -0.4 is 4.90 Å². The standard InChI is InChI=1S/C28H32ClF5N4O3/c1-36(2)25(39)22-3-4-23(35-24(22)29)37-9-5-17(6-10-37)13-18-7-11-38(12-8-18)26(40)27(41,28(32,33)34)19-14-20(30)16-21(31)15-19/h3-4,14-18,41H,5-13H2,1-2H3. The molecule has 2 amide bonds. The predicted octanol–water partition coefficient (Wildman–Crippen LogP) is 5.01. The number of pyridine rings is 1. The minimum Gasteiger partial charge on any atom is -0.368 e. The molecule has 13 heteroatoms. The molecule has 7 nitrogen and oxygen atoms in total. The highest BCUT2D eigenvalue weighted by atomic mass is 35.5. The van der Waals surface area contributed by atoms with E-state index in [1.807, 2.05) is 0 Å². The van der Waals surface area contributed by atoms with Crippen LogP contribution in [0.25, 0.3) is 0 Å². The molecule has 2 aliphatic heterocycles. The second-order valence-electron chi connectivity index (χ2n) is 11.0. The van der Waals surface area contributed by atoms with Crippen LogP contribution in [-0.2, 0) is 10.4 Å². The van der Waals surface area contributed by atoms with Gasteiger partial charge in [0.05, 0.1) is 5.56 Å². The monoisotopic (exact) mass is 602 g/mol. The smallest absolute Gasteiger partial charge is 0.368 e. The minimum absolute atomic E-state index is 0.00102. The average molecular weight is 603 g/mol. The van der Waals surface area contributed by atoms with Crippen LogP contribution in [0.1, 0.15) is 48.0 Å². The lowest BCUT2D eigenvalue weighted by atomic mass is 9.82. The van der Waals surface area contributed by atoms with E-state index in [1.165, 1.54) is 4.90 Å². The van der Waals surface area contributed by atoms with E-state index in [0.29, 0.717) is 48.3 Å². The molecule has 1 unspecified atom stereocenters. The molecule has 0 aliphatic carbocycles. The van der Waals surface area contributed by atoms with Gasteiger partial charge in [-0.3, -0.25) is 9.59 Å². The van der Waals surface area contributed by atoms with Gasteiger partial charge in [0.1, 0.15) is 22.6 Å². The highest BCUT2D eigenvalue weighted by molar-refractivity contribution is 6.32. The lowest BCUT2D eigenvalue weighted by molar-refractivity contribution is -0.262. The molecule has 0 bridgehead atoms. The molecule has 1 N–H and O–H groups in total. The lowest BCUT2D eigenvalue weighted by Gasteiger charge is -2.40. The van der Waals surface area contributed by atoms with Crippen molar-refractivity contribution >= 4 is 29.2 Å². The molecule has 4 rings (SSSR count). The van der Waals surface area contributed by atoms with Crippen molar-refractivity contribution in [3.05, 3.63) is 58.2 Å². The third-order valence-corrected chi connectivity index (χ3v) is 8.27. The Bertz CT molecular complexity index is 1260. The van der Waals surface area contributed by atoms with Crippen molar-refractivity contribution in [3.8, 4) is 0 Å². The fourth-order valence-electron chi connectivity index (χ4n) is 5.64. The number of alkyl halides is 3. The Balaban J connectivity index is 1.32. The normalized spacial score (nSPS) is 18.8. The second kappa shape index (κ2) is 12.1. The molecule has 1 aromatic carbocycles. The number of carbonyl (C=O) groups is 2. The largest absolute Gasteiger partial charge is 0.430 e. The first-order valence-electron chi connectivity index (χ1n) is 13.4. The molecule has 2 saturated heterocycles. The van der Waals surface area contributed by atoms with Crippen molar-refractivity contribution in [2.24, 2.45) is 11.8 Å². The Labute approximate surface area is 239 Å². The van der Waals surface area contributed by atoms with Crippen molar-refractivity contribution in [3.63, 3.8) is 0 Å². The summed E-state index contributed by atoms with van der Waals surface area (Å²) in [6.07, 6.45) is -1.98. The van der Waals surface area contributed by atoms with E-state index in [0.717, 1.165) is 37.3 Å². The van der Waals surface area contributed by atoms with Gasteiger partial charge in [-0.25, -0.2) is 13.8 Å². The molecule has 0 radical (unpaired) electrons. The zero-order valence-corrected chi connectivity index (χ0v) is 23.5. The summed E-state index contributed by atoms with van der Waals surface area (Å²) in [4.78, 5) is 34.0. The van der Waals surface area contributed by atoms with Gasteiger partial charge in [-0.2, -0.15) is 13.2 Å². The molecule has 2 aromatic rings. The molecule has 1 aromatic heterocycles. The van der Waals surface area contributed by atoms with Crippen LogP contribution in [0, 0.1) is 23.5 Å². The number of amides is 2. The number of aliphatic hydroxyl groups is 1. The average Bonchev–Trinajstić information content (AvgIpc) is 2.91. The van der Waals surface area contributed by atoms with Crippen LogP contribution in [0.4, 0.5) is 27.8 Å². The van der Waals surface area contributed by atoms with E-state index in [-0.39, 0.29) is 30.1 Å². The molecule has 224 valence electrons. The molecule has 2 fully saturated rings. The number of rotatable bonds is 6. The van der Waals surface area contributed by atoms with Gasteiger partial charge < -0.3 is 19.8 Å². The van der Waals surface area contributed by atoms with Crippen LogP contribution in [0.3, 0.4) is 0 Å². The van der Waals surface area contributed by atoms with E-state index in [1.54, 1.807) is 26.2 Å². The van der Waals surface area contributed by atoms with Crippen LogP contribution >= 0.6 is 11.6 Å². The summed E-state index contributed by atoms with van der Waals surface area (Å²) >= 11 is 6.26. The molecule has 2 aliphatic rings. The zero-order valence-electron chi connectivity index (χ0n) is 22.7. The van der Waals surface area contributed by atoms with Gasteiger partial charge >= 0.3 is 6.18 Å². The summed E-state index contributed by atoms with van der Waals surface area (Å²) in [7, 11) is 3.27. The number of piperidine rings is 2. The number of aromatic nitrogens is 1. The third-order valence-electron chi connectivity index (χ3n) is 7.98. The van der Waals surface area contributed by atoms with Crippen molar-refractivity contribution in [1.29, 1.82) is 0 Å². The van der Waals surface area contributed by atoms with E-state index < -0.39 is 34.9 Å². The molecular weight excluding hydrogens is 571 g/mol. The fourth-order valence-corrected chi connectivity index (χ4v) is 5.87. The van der Waals surface area contributed by atoms with Gasteiger partial charge in [-0.15, -0.1) is 0 Å². The number of likely N-dealkylation sites (tertiary alicyclic amines) is 1. The summed E-state index contributed by atoms with van der Waals surface area (Å²) in [6.45, 7) is 1.46. The maximum absolute atomic E-state index is 13.9. The summed E-state index contributed by atoms with van der Waals surface area (Å²) in [6, 6.07) is 4.47. The third kappa shape index (κ3) is 6.58. The topological polar surface area (TPSA) is 77.0 Å². The van der Waals surface area contributed by atoms with Gasteiger partial charge in [0, 0.05) is 51.9 Å². The maximum atomic E-state index is 13.9. The quantitative estimate of drug-likeness (QED) is 0.372. The number of hydrogen-bond acceptors (Lipinski definition) is 5. The van der Waals surface area contributed by atoms with Gasteiger partial charge in [0.2, 0.25) is 0 Å². The van der Waals surface area contributed by atoms with Gasteiger partial charge in [0.15, 0.2) is 0 Å². The van der Waals surface area contributed by atoms with Crippen molar-refractivity contribution in [2.75, 3.05) is 45.2 Å². The van der Waals surface area contributed by atoms with E-state index >= 15 is 0 Å². The Morgan fingerprint density at radius 1 is 0.976 bits per heavy atom. The number of hydrogen-bond donors (Lipinski definition) is 1. The Kier molecular flexibility index (Phi) is 9.13. The molecule has 41 heavy (non-hydrogen) atoms. The lowest BCUT2D eigenvalue weighted by Crippen LogP contribution is -2.57. The SMILES string of the molecule is CN(C)C(=O)c1ccc(N2CCC(CC3CCN(C(=O)C(O)(c4cc(F)cc(F)c4)C(F)(F)F)CC3)CC2)nc1Cl. The summed E-state index contributed by atoms with van der Waals surface area (Å²) in [5, 5.41) is 10.7. The summed E-state index contributed by atoms with van der Waals surface area (Å²) < 4.78 is 69.1. The first-order chi connectivity index (χ1) is 19.2. The highest BCUT2D eigenvalue weighted by Crippen LogP contribution is 2.42. The van der Waals surface area contributed by atoms with Crippen LogP contribution in [-0.4, -0.2) is 78.2 Å².